The number of aromatic nitrogens is 2. The Morgan fingerprint density at radius 1 is 1.44 bits per heavy atom. The average Bonchev–Trinajstić information content (AvgIpc) is 2.70. The third kappa shape index (κ3) is 1.87. The Bertz CT molecular complexity index is 517. The van der Waals surface area contributed by atoms with Crippen LogP contribution in [0, 0.1) is 6.92 Å². The second kappa shape index (κ2) is 3.48. The number of rotatable bonds is 1. The van der Waals surface area contributed by atoms with Crippen molar-refractivity contribution in [2.45, 2.75) is 13.1 Å². The molecule has 0 saturated heterocycles. The molecule has 2 rings (SSSR count). The van der Waals surface area contributed by atoms with E-state index in [1.807, 2.05) is 0 Å². The fourth-order valence-corrected chi connectivity index (χ4v) is 1.93. The number of hydrogen-bond donors (Lipinski definition) is 1. The van der Waals surface area contributed by atoms with Crippen molar-refractivity contribution in [2.24, 2.45) is 0 Å². The number of nitrogens with two attached hydrogens (primary N) is 1. The first kappa shape index (κ1) is 10.9. The molecule has 0 aromatic carbocycles. The summed E-state index contributed by atoms with van der Waals surface area (Å²) in [4.78, 5) is 4.11. The van der Waals surface area contributed by atoms with Crippen molar-refractivity contribution >= 4 is 16.3 Å². The number of aryl methyl sites for hydroxylation is 1. The lowest BCUT2D eigenvalue weighted by atomic mass is 10.3. The molecule has 0 radical (unpaired) electrons. The van der Waals surface area contributed by atoms with Gasteiger partial charge in [-0.15, -0.1) is 11.3 Å². The summed E-state index contributed by atoms with van der Waals surface area (Å²) < 4.78 is 41.1. The highest BCUT2D eigenvalue weighted by molar-refractivity contribution is 7.16. The molecule has 0 fully saturated rings. The van der Waals surface area contributed by atoms with Crippen LogP contribution in [0.15, 0.2) is 10.6 Å². The molecule has 2 N–H and O–H groups in total. The van der Waals surface area contributed by atoms with Gasteiger partial charge >= 0.3 is 6.18 Å². The fraction of sp³-hybridized carbons (Fsp3) is 0.250. The normalized spacial score (nSPS) is 12.0. The molecule has 2 aromatic heterocycles. The number of nitrogens with zero attached hydrogens (tertiary/aromatic N) is 2. The van der Waals surface area contributed by atoms with Crippen molar-refractivity contribution in [1.29, 1.82) is 0 Å². The van der Waals surface area contributed by atoms with E-state index in [2.05, 4.69) is 14.7 Å². The minimum Gasteiger partial charge on any atom is -0.390 e. The van der Waals surface area contributed by atoms with E-state index < -0.39 is 12.0 Å². The van der Waals surface area contributed by atoms with Crippen molar-refractivity contribution in [1.82, 2.24) is 10.1 Å². The molecule has 0 atom stereocenters. The summed E-state index contributed by atoms with van der Waals surface area (Å²) in [6, 6.07) is 1.60. The predicted octanol–water partition coefficient (Wildman–Crippen LogP) is 2.71. The number of alkyl halides is 3. The Hall–Kier alpha value is -1.57. The topological polar surface area (TPSA) is 64.9 Å². The van der Waals surface area contributed by atoms with E-state index in [9.17, 15) is 13.2 Å². The van der Waals surface area contributed by atoms with Crippen molar-refractivity contribution in [3.8, 4) is 11.5 Å². The molecule has 0 saturated carbocycles. The van der Waals surface area contributed by atoms with Gasteiger partial charge in [-0.1, -0.05) is 5.16 Å². The molecule has 0 aliphatic carbocycles. The zero-order valence-electron chi connectivity index (χ0n) is 8.00. The van der Waals surface area contributed by atoms with E-state index in [-0.39, 0.29) is 5.89 Å². The fourth-order valence-electron chi connectivity index (χ4n) is 1.15. The Kier molecular flexibility index (Phi) is 2.38. The summed E-state index contributed by atoms with van der Waals surface area (Å²) >= 11 is 1.25. The molecule has 4 nitrogen and oxygen atoms in total. The van der Waals surface area contributed by atoms with Gasteiger partial charge in [0.05, 0.1) is 10.6 Å². The molecule has 0 aliphatic heterocycles. The van der Waals surface area contributed by atoms with Gasteiger partial charge in [0, 0.05) is 4.88 Å². The van der Waals surface area contributed by atoms with Crippen molar-refractivity contribution in [2.75, 3.05) is 5.73 Å². The smallest absolute Gasteiger partial charge is 0.390 e. The quantitative estimate of drug-likeness (QED) is 0.843. The van der Waals surface area contributed by atoms with Crippen LogP contribution >= 0.6 is 11.3 Å². The van der Waals surface area contributed by atoms with E-state index in [0.717, 1.165) is 4.88 Å². The first-order valence-corrected chi connectivity index (χ1v) is 4.97. The van der Waals surface area contributed by atoms with Crippen LogP contribution in [0.4, 0.5) is 18.2 Å². The standard InChI is InChI=1S/C8H6F3N3OS/c1-3-2-4(5(12)16-3)6-13-7(14-15-6)8(9,10)11/h2H,12H2,1H3. The van der Waals surface area contributed by atoms with Crippen LogP contribution in [0.1, 0.15) is 10.7 Å². The van der Waals surface area contributed by atoms with E-state index in [1.165, 1.54) is 11.3 Å². The predicted molar refractivity (Wildman–Crippen MR) is 51.8 cm³/mol. The number of halogens is 3. The van der Waals surface area contributed by atoms with Crippen molar-refractivity contribution < 1.29 is 17.7 Å². The number of anilines is 1. The minimum absolute atomic E-state index is 0.214. The molecular formula is C8H6F3N3OS. The maximum absolute atomic E-state index is 12.2. The zero-order chi connectivity index (χ0) is 11.9. The second-order valence-electron chi connectivity index (χ2n) is 3.06. The summed E-state index contributed by atoms with van der Waals surface area (Å²) in [5.74, 6) is -1.51. The SMILES string of the molecule is Cc1cc(-c2nc(C(F)(F)F)no2)c(N)s1. The van der Waals surface area contributed by atoms with E-state index in [4.69, 9.17) is 5.73 Å². The van der Waals surface area contributed by atoms with Gasteiger partial charge in [-0.2, -0.15) is 18.2 Å². The molecule has 0 spiro atoms. The maximum Gasteiger partial charge on any atom is 0.455 e. The Morgan fingerprint density at radius 2 is 2.12 bits per heavy atom. The average molecular weight is 249 g/mol. The van der Waals surface area contributed by atoms with Gasteiger partial charge in [0.25, 0.3) is 11.7 Å². The molecule has 0 aliphatic rings. The summed E-state index contributed by atoms with van der Waals surface area (Å²) in [5.41, 5.74) is 5.94. The van der Waals surface area contributed by atoms with Gasteiger partial charge in [-0.25, -0.2) is 0 Å². The number of thiophene rings is 1. The molecule has 86 valence electrons. The molecule has 8 heteroatoms. The summed E-state index contributed by atoms with van der Waals surface area (Å²) in [5, 5.41) is 3.21. The van der Waals surface area contributed by atoms with Crippen molar-refractivity contribution in [3.05, 3.63) is 16.8 Å². The molecule has 2 heterocycles. The largest absolute Gasteiger partial charge is 0.455 e. The number of nitrogen functional groups attached to an aromatic ring is 1. The van der Waals surface area contributed by atoms with Crippen molar-refractivity contribution in [3.63, 3.8) is 0 Å². The first-order valence-electron chi connectivity index (χ1n) is 4.15. The Labute approximate surface area is 91.9 Å². The van der Waals surface area contributed by atoms with Crippen LogP contribution in [0.5, 0.6) is 0 Å². The highest BCUT2D eigenvalue weighted by Gasteiger charge is 2.37. The van der Waals surface area contributed by atoms with Gasteiger partial charge in [0.2, 0.25) is 0 Å². The highest BCUT2D eigenvalue weighted by atomic mass is 32.1. The minimum atomic E-state index is -4.61. The molecule has 16 heavy (non-hydrogen) atoms. The van der Waals surface area contributed by atoms with Crippen LogP contribution in [0.2, 0.25) is 0 Å². The highest BCUT2D eigenvalue weighted by Crippen LogP contribution is 2.34. The molecule has 0 bridgehead atoms. The lowest BCUT2D eigenvalue weighted by Gasteiger charge is -1.96. The van der Waals surface area contributed by atoms with Gasteiger partial charge in [-0.3, -0.25) is 0 Å². The molecule has 0 amide bonds. The number of hydrogen-bond acceptors (Lipinski definition) is 5. The first-order chi connectivity index (χ1) is 7.38. The van der Waals surface area contributed by atoms with Gasteiger partial charge < -0.3 is 10.3 Å². The van der Waals surface area contributed by atoms with E-state index in [0.29, 0.717) is 10.6 Å². The summed E-state index contributed by atoms with van der Waals surface area (Å²) in [6.45, 7) is 1.78. The zero-order valence-corrected chi connectivity index (χ0v) is 8.82. The van der Waals surface area contributed by atoms with Gasteiger partial charge in [0.1, 0.15) is 0 Å². The third-order valence-electron chi connectivity index (χ3n) is 1.79. The second-order valence-corrected chi connectivity index (χ2v) is 4.34. The summed E-state index contributed by atoms with van der Waals surface area (Å²) in [7, 11) is 0. The maximum atomic E-state index is 12.2. The lowest BCUT2D eigenvalue weighted by molar-refractivity contribution is -0.146. The molecule has 0 unspecified atom stereocenters. The monoisotopic (exact) mass is 249 g/mol. The molecular weight excluding hydrogens is 243 g/mol. The van der Waals surface area contributed by atoms with Crippen LogP contribution in [-0.2, 0) is 6.18 Å². The van der Waals surface area contributed by atoms with Crippen LogP contribution < -0.4 is 5.73 Å². The lowest BCUT2D eigenvalue weighted by Crippen LogP contribution is -2.07. The van der Waals surface area contributed by atoms with Gasteiger partial charge in [-0.05, 0) is 13.0 Å². The third-order valence-corrected chi connectivity index (χ3v) is 2.67. The van der Waals surface area contributed by atoms with E-state index >= 15 is 0 Å². The Balaban J connectivity index is 2.43. The van der Waals surface area contributed by atoms with Gasteiger partial charge in [0.15, 0.2) is 0 Å². The molecule has 2 aromatic rings. The van der Waals surface area contributed by atoms with Crippen LogP contribution in [0.25, 0.3) is 11.5 Å². The van der Waals surface area contributed by atoms with Crippen LogP contribution in [0.3, 0.4) is 0 Å². The van der Waals surface area contributed by atoms with E-state index in [1.54, 1.807) is 13.0 Å². The van der Waals surface area contributed by atoms with Crippen LogP contribution in [-0.4, -0.2) is 10.1 Å². The summed E-state index contributed by atoms with van der Waals surface area (Å²) in [6.07, 6.45) is -4.61. The Morgan fingerprint density at radius 3 is 2.56 bits per heavy atom.